The van der Waals surface area contributed by atoms with Gasteiger partial charge in [0.1, 0.15) is 11.3 Å². The lowest BCUT2D eigenvalue weighted by Crippen LogP contribution is -2.24. The van der Waals surface area contributed by atoms with Gasteiger partial charge in [0, 0.05) is 18.2 Å². The van der Waals surface area contributed by atoms with E-state index in [1.165, 1.54) is 12.1 Å². The second kappa shape index (κ2) is 8.13. The van der Waals surface area contributed by atoms with Gasteiger partial charge in [-0.15, -0.1) is 0 Å². The van der Waals surface area contributed by atoms with E-state index in [-0.39, 0.29) is 45.1 Å². The minimum atomic E-state index is -1.16. The molecular weight excluding hydrogens is 421 g/mol. The van der Waals surface area contributed by atoms with Crippen molar-refractivity contribution in [2.75, 3.05) is 25.5 Å². The Morgan fingerprint density at radius 1 is 1.30 bits per heavy atom. The van der Waals surface area contributed by atoms with Gasteiger partial charge < -0.3 is 15.2 Å². The van der Waals surface area contributed by atoms with Crippen LogP contribution in [0.5, 0.6) is 0 Å². The number of likely N-dealkylation sites (N-methyl/N-ethyl adjacent to an activating group) is 1. The molecule has 1 fully saturated rings. The van der Waals surface area contributed by atoms with Gasteiger partial charge >= 0.3 is 0 Å². The van der Waals surface area contributed by atoms with Gasteiger partial charge in [-0.3, -0.25) is 10.7 Å². The number of hydrogen-bond donors (Lipinski definition) is 4. The average molecular weight is 439 g/mol. The molecule has 0 bridgehead atoms. The summed E-state index contributed by atoms with van der Waals surface area (Å²) in [5.74, 6) is -2.83. The van der Waals surface area contributed by atoms with Crippen LogP contribution in [0, 0.1) is 17.5 Å². The molecule has 1 aromatic heterocycles. The van der Waals surface area contributed by atoms with Gasteiger partial charge in [-0.05, 0) is 44.3 Å². The summed E-state index contributed by atoms with van der Waals surface area (Å²) in [7, 11) is 1.99. The molecule has 4 rings (SSSR count). The number of anilines is 1. The Kier molecular flexibility index (Phi) is 5.54. The molecule has 2 aromatic carbocycles. The van der Waals surface area contributed by atoms with Crippen molar-refractivity contribution >= 4 is 40.1 Å². The number of aromatic nitrogens is 2. The van der Waals surface area contributed by atoms with Crippen LogP contribution in [0.3, 0.4) is 0 Å². The van der Waals surface area contributed by atoms with Crippen LogP contribution in [0.4, 0.5) is 24.8 Å². The Bertz CT molecular complexity index is 1140. The Morgan fingerprint density at radius 2 is 2.10 bits per heavy atom. The van der Waals surface area contributed by atoms with Crippen molar-refractivity contribution in [3.8, 4) is 0 Å². The van der Waals surface area contributed by atoms with Crippen LogP contribution >= 0.6 is 11.6 Å². The number of rotatable bonds is 4. The Morgan fingerprint density at radius 3 is 2.77 bits per heavy atom. The van der Waals surface area contributed by atoms with E-state index < -0.39 is 17.5 Å². The first-order valence-electron chi connectivity index (χ1n) is 9.12. The molecule has 0 aliphatic carbocycles. The molecule has 1 aliphatic rings. The second-order valence-electron chi connectivity index (χ2n) is 7.09. The number of hydroxylamine groups is 1. The highest BCUT2D eigenvalue weighted by atomic mass is 35.5. The van der Waals surface area contributed by atoms with E-state index >= 15 is 0 Å². The topological polar surface area (TPSA) is 88.6 Å². The van der Waals surface area contributed by atoms with Gasteiger partial charge in [0.05, 0.1) is 16.2 Å². The maximum Gasteiger partial charge on any atom is 0.201 e. The lowest BCUT2D eigenvalue weighted by molar-refractivity contribution is 0.235. The summed E-state index contributed by atoms with van der Waals surface area (Å²) in [6.07, 6.45) is 0.882. The van der Waals surface area contributed by atoms with Gasteiger partial charge in [0.25, 0.3) is 0 Å². The highest BCUT2D eigenvalue weighted by Crippen LogP contribution is 2.27. The summed E-state index contributed by atoms with van der Waals surface area (Å²) in [6.45, 7) is 1.70. The minimum absolute atomic E-state index is 0.0379. The van der Waals surface area contributed by atoms with Crippen molar-refractivity contribution in [3.63, 3.8) is 0 Å². The van der Waals surface area contributed by atoms with E-state index in [2.05, 4.69) is 25.2 Å². The molecule has 11 heteroatoms. The molecule has 1 unspecified atom stereocenters. The van der Waals surface area contributed by atoms with Gasteiger partial charge in [-0.1, -0.05) is 11.6 Å². The summed E-state index contributed by atoms with van der Waals surface area (Å²) in [5, 5.41) is 12.6. The molecule has 4 N–H and O–H groups in total. The fourth-order valence-electron chi connectivity index (χ4n) is 3.43. The van der Waals surface area contributed by atoms with Crippen molar-refractivity contribution in [1.82, 2.24) is 20.3 Å². The van der Waals surface area contributed by atoms with E-state index in [1.807, 2.05) is 12.5 Å². The van der Waals surface area contributed by atoms with Gasteiger partial charge in [-0.2, -0.15) is 0 Å². The van der Waals surface area contributed by atoms with Crippen molar-refractivity contribution in [2.45, 2.75) is 12.5 Å². The molecular formula is C19H18ClF3N6O. The van der Waals surface area contributed by atoms with Crippen LogP contribution in [-0.4, -0.2) is 52.1 Å². The number of halogens is 4. The zero-order chi connectivity index (χ0) is 21.4. The lowest BCUT2D eigenvalue weighted by Gasteiger charge is -2.11. The first-order chi connectivity index (χ1) is 14.4. The number of H-pyrrole nitrogens is 1. The number of nitrogens with zero attached hydrogens (tertiary/aromatic N) is 3. The molecule has 1 saturated heterocycles. The Labute approximate surface area is 174 Å². The maximum atomic E-state index is 14.4. The molecule has 1 aliphatic heterocycles. The van der Waals surface area contributed by atoms with E-state index in [9.17, 15) is 18.4 Å². The molecule has 0 amide bonds. The average Bonchev–Trinajstić information content (AvgIpc) is 3.32. The van der Waals surface area contributed by atoms with Crippen molar-refractivity contribution in [2.24, 2.45) is 4.99 Å². The quantitative estimate of drug-likeness (QED) is 0.283. The van der Waals surface area contributed by atoms with Gasteiger partial charge in [0.15, 0.2) is 17.5 Å². The predicted molar refractivity (Wildman–Crippen MR) is 108 cm³/mol. The Balaban J connectivity index is 1.77. The smallest absolute Gasteiger partial charge is 0.201 e. The van der Waals surface area contributed by atoms with Crippen molar-refractivity contribution < 1.29 is 18.4 Å². The largest absolute Gasteiger partial charge is 0.352 e. The van der Waals surface area contributed by atoms with Gasteiger partial charge in [-0.25, -0.2) is 23.1 Å². The highest BCUT2D eigenvalue weighted by molar-refractivity contribution is 6.31. The number of benzene rings is 2. The standard InChI is InChI=1S/C19H18ClF3N6O/c1-29-5-4-10(8-29)25-19-26-16-11(7-14(22)15(23)17(16)27-19)18(28-30)24-9-2-3-13(21)12(20)6-9/h2-3,6-7,10,30H,4-5,8H2,1H3,(H,24,28)(H2,25,26,27). The number of imidazole rings is 1. The minimum Gasteiger partial charge on any atom is -0.352 e. The molecule has 1 atom stereocenters. The first kappa shape index (κ1) is 20.5. The number of aliphatic imine (C=N–C) groups is 1. The van der Waals surface area contributed by atoms with Crippen LogP contribution in [0.25, 0.3) is 11.0 Å². The molecule has 2 heterocycles. The van der Waals surface area contributed by atoms with Crippen molar-refractivity contribution in [3.05, 3.63) is 52.3 Å². The summed E-state index contributed by atoms with van der Waals surface area (Å²) in [5.41, 5.74) is 2.01. The zero-order valence-corrected chi connectivity index (χ0v) is 16.6. The number of hydrogen-bond acceptors (Lipinski definition) is 5. The summed E-state index contributed by atoms with van der Waals surface area (Å²) in [6, 6.07) is 4.66. The molecule has 30 heavy (non-hydrogen) atoms. The van der Waals surface area contributed by atoms with E-state index in [0.717, 1.165) is 31.6 Å². The van der Waals surface area contributed by atoms with Crippen LogP contribution < -0.4 is 10.8 Å². The number of aromatic amines is 1. The lowest BCUT2D eigenvalue weighted by atomic mass is 10.1. The van der Waals surface area contributed by atoms with E-state index in [4.69, 9.17) is 11.6 Å². The van der Waals surface area contributed by atoms with Crippen LogP contribution in [0.15, 0.2) is 29.3 Å². The molecule has 0 radical (unpaired) electrons. The normalized spacial score (nSPS) is 17.7. The van der Waals surface area contributed by atoms with Crippen molar-refractivity contribution in [1.29, 1.82) is 0 Å². The molecule has 158 valence electrons. The SMILES string of the molecule is CN1CCC(Nc2nc3c(F)c(F)cc(C(=Nc4ccc(F)c(Cl)c4)NO)c3[nH]2)C1. The molecule has 0 saturated carbocycles. The second-order valence-corrected chi connectivity index (χ2v) is 7.50. The zero-order valence-electron chi connectivity index (χ0n) is 15.8. The third-order valence-corrected chi connectivity index (χ3v) is 5.19. The van der Waals surface area contributed by atoms with Crippen LogP contribution in [-0.2, 0) is 0 Å². The fourth-order valence-corrected chi connectivity index (χ4v) is 3.61. The van der Waals surface area contributed by atoms with Gasteiger partial charge in [0.2, 0.25) is 5.95 Å². The summed E-state index contributed by atoms with van der Waals surface area (Å²) < 4.78 is 42.0. The first-order valence-corrected chi connectivity index (χ1v) is 9.50. The predicted octanol–water partition coefficient (Wildman–Crippen LogP) is 3.81. The fraction of sp³-hybridized carbons (Fsp3) is 0.263. The molecule has 3 aromatic rings. The number of amidine groups is 1. The maximum absolute atomic E-state index is 14.4. The number of likely N-dealkylation sites (tertiary alicyclic amines) is 1. The van der Waals surface area contributed by atoms with Crippen LogP contribution in [0.2, 0.25) is 5.02 Å². The molecule has 7 nitrogen and oxygen atoms in total. The monoisotopic (exact) mass is 438 g/mol. The number of fused-ring (bicyclic) bond motifs is 1. The van der Waals surface area contributed by atoms with Crippen LogP contribution in [0.1, 0.15) is 12.0 Å². The third-order valence-electron chi connectivity index (χ3n) is 4.90. The highest BCUT2D eigenvalue weighted by Gasteiger charge is 2.23. The molecule has 0 spiro atoms. The van der Waals surface area contributed by atoms with E-state index in [0.29, 0.717) is 0 Å². The summed E-state index contributed by atoms with van der Waals surface area (Å²) >= 11 is 5.76. The third kappa shape index (κ3) is 3.93. The van der Waals surface area contributed by atoms with E-state index in [1.54, 1.807) is 0 Å². The number of nitrogens with one attached hydrogen (secondary N) is 3. The Hall–Kier alpha value is -2.82. The summed E-state index contributed by atoms with van der Waals surface area (Å²) in [4.78, 5) is 13.3.